The number of benzene rings is 1. The normalized spacial score (nSPS) is 10.7. The maximum Gasteiger partial charge on any atom is 0.125 e. The molecule has 0 aliphatic heterocycles. The van der Waals surface area contributed by atoms with Crippen molar-refractivity contribution in [1.29, 1.82) is 0 Å². The maximum atomic E-state index is 5.91. The highest BCUT2D eigenvalue weighted by Gasteiger charge is 2.02. The van der Waals surface area contributed by atoms with Gasteiger partial charge in [0.15, 0.2) is 0 Å². The molecule has 0 atom stereocenters. The van der Waals surface area contributed by atoms with E-state index in [1.165, 1.54) is 56.1 Å². The number of rotatable bonds is 10. The lowest BCUT2D eigenvalue weighted by Crippen LogP contribution is -2.00. The minimum atomic E-state index is 0.854. The highest BCUT2D eigenvalue weighted by molar-refractivity contribution is 9.09. The van der Waals surface area contributed by atoms with Gasteiger partial charge in [0.25, 0.3) is 0 Å². The molecule has 0 N–H and O–H groups in total. The molecular weight excluding hydrogens is 300 g/mol. The van der Waals surface area contributed by atoms with Gasteiger partial charge in [0.1, 0.15) is 5.75 Å². The summed E-state index contributed by atoms with van der Waals surface area (Å²) in [4.78, 5) is 0. The fourth-order valence-corrected chi connectivity index (χ4v) is 2.68. The summed E-state index contributed by atoms with van der Waals surface area (Å²) < 4.78 is 5.91. The number of hydrogen-bond acceptors (Lipinski definition) is 1. The smallest absolute Gasteiger partial charge is 0.125 e. The summed E-state index contributed by atoms with van der Waals surface area (Å²) in [5.74, 6) is 1.08. The molecule has 0 saturated heterocycles. The van der Waals surface area contributed by atoms with Gasteiger partial charge in [-0.3, -0.25) is 0 Å². The van der Waals surface area contributed by atoms with Crippen molar-refractivity contribution in [3.05, 3.63) is 29.3 Å². The van der Waals surface area contributed by atoms with E-state index in [0.717, 1.165) is 17.7 Å². The van der Waals surface area contributed by atoms with Crippen LogP contribution in [0.15, 0.2) is 18.2 Å². The number of halogens is 1. The molecule has 1 aromatic carbocycles. The van der Waals surface area contributed by atoms with E-state index >= 15 is 0 Å². The van der Waals surface area contributed by atoms with E-state index in [4.69, 9.17) is 4.74 Å². The molecule has 0 radical (unpaired) electrons. The third-order valence-electron chi connectivity index (χ3n) is 3.43. The van der Waals surface area contributed by atoms with E-state index in [1.54, 1.807) is 0 Å². The molecule has 108 valence electrons. The monoisotopic (exact) mass is 326 g/mol. The van der Waals surface area contributed by atoms with E-state index in [1.807, 2.05) is 0 Å². The zero-order chi connectivity index (χ0) is 13.9. The van der Waals surface area contributed by atoms with Crippen molar-refractivity contribution in [1.82, 2.24) is 0 Å². The molecule has 0 bridgehead atoms. The average Bonchev–Trinajstić information content (AvgIpc) is 2.40. The number of unbranched alkanes of at least 4 members (excludes halogenated alkanes) is 6. The van der Waals surface area contributed by atoms with Gasteiger partial charge in [0.2, 0.25) is 0 Å². The van der Waals surface area contributed by atoms with E-state index in [0.29, 0.717) is 0 Å². The van der Waals surface area contributed by atoms with Crippen LogP contribution >= 0.6 is 15.9 Å². The van der Waals surface area contributed by atoms with Gasteiger partial charge < -0.3 is 4.74 Å². The van der Waals surface area contributed by atoms with E-state index < -0.39 is 0 Å². The molecule has 0 fully saturated rings. The van der Waals surface area contributed by atoms with Crippen molar-refractivity contribution in [2.24, 2.45) is 0 Å². The SMILES string of the molecule is Cc1cccc(C)c1OCCCCCCCCCBr. The van der Waals surface area contributed by atoms with Crippen LogP contribution in [0.2, 0.25) is 0 Å². The van der Waals surface area contributed by atoms with Gasteiger partial charge in [-0.05, 0) is 37.8 Å². The molecule has 1 nitrogen and oxygen atoms in total. The van der Waals surface area contributed by atoms with Crippen LogP contribution in [0.25, 0.3) is 0 Å². The zero-order valence-electron chi connectivity index (χ0n) is 12.4. The summed E-state index contributed by atoms with van der Waals surface area (Å²) in [6.07, 6.45) is 9.24. The molecule has 0 spiro atoms. The van der Waals surface area contributed by atoms with Gasteiger partial charge in [-0.25, -0.2) is 0 Å². The van der Waals surface area contributed by atoms with Gasteiger partial charge in [0.05, 0.1) is 6.61 Å². The summed E-state index contributed by atoms with van der Waals surface area (Å²) in [6, 6.07) is 6.32. The van der Waals surface area contributed by atoms with E-state index in [-0.39, 0.29) is 0 Å². The average molecular weight is 327 g/mol. The molecule has 1 rings (SSSR count). The number of para-hydroxylation sites is 1. The van der Waals surface area contributed by atoms with Crippen molar-refractivity contribution in [3.63, 3.8) is 0 Å². The highest BCUT2D eigenvalue weighted by Crippen LogP contribution is 2.22. The van der Waals surface area contributed by atoms with Crippen molar-refractivity contribution >= 4 is 15.9 Å². The maximum absolute atomic E-state index is 5.91. The minimum absolute atomic E-state index is 0.854. The Morgan fingerprint density at radius 3 is 1.95 bits per heavy atom. The Hall–Kier alpha value is -0.500. The van der Waals surface area contributed by atoms with Crippen LogP contribution in [0, 0.1) is 13.8 Å². The molecule has 0 unspecified atom stereocenters. The van der Waals surface area contributed by atoms with Crippen LogP contribution in [-0.4, -0.2) is 11.9 Å². The highest BCUT2D eigenvalue weighted by atomic mass is 79.9. The molecule has 0 saturated carbocycles. The first-order chi connectivity index (χ1) is 9.25. The van der Waals surface area contributed by atoms with Crippen molar-refractivity contribution in [2.45, 2.75) is 58.8 Å². The fraction of sp³-hybridized carbons (Fsp3) is 0.647. The predicted molar refractivity (Wildman–Crippen MR) is 87.5 cm³/mol. The lowest BCUT2D eigenvalue weighted by Gasteiger charge is -2.11. The molecule has 0 amide bonds. The Kier molecular flexibility index (Phi) is 8.98. The molecule has 19 heavy (non-hydrogen) atoms. The second kappa shape index (κ2) is 10.3. The third-order valence-corrected chi connectivity index (χ3v) is 3.99. The van der Waals surface area contributed by atoms with Gasteiger partial charge in [-0.2, -0.15) is 0 Å². The molecule has 2 heteroatoms. The van der Waals surface area contributed by atoms with E-state index in [9.17, 15) is 0 Å². The van der Waals surface area contributed by atoms with Crippen LogP contribution in [0.5, 0.6) is 5.75 Å². The summed E-state index contributed by atoms with van der Waals surface area (Å²) in [6.45, 7) is 5.09. The standard InChI is InChI=1S/C17H27BrO/c1-15-11-10-12-16(2)17(15)19-14-9-7-5-3-4-6-8-13-18/h10-12H,3-9,13-14H2,1-2H3. The topological polar surface area (TPSA) is 9.23 Å². The van der Waals surface area contributed by atoms with Crippen LogP contribution in [0.3, 0.4) is 0 Å². The number of hydrogen-bond donors (Lipinski definition) is 0. The Balaban J connectivity index is 2.05. The van der Waals surface area contributed by atoms with Crippen LogP contribution in [0.4, 0.5) is 0 Å². The molecule has 1 aromatic rings. The summed E-state index contributed by atoms with van der Waals surface area (Å²) in [5.41, 5.74) is 2.49. The van der Waals surface area contributed by atoms with Gasteiger partial charge in [-0.15, -0.1) is 0 Å². The first-order valence-electron chi connectivity index (χ1n) is 7.50. The van der Waals surface area contributed by atoms with Gasteiger partial charge >= 0.3 is 0 Å². The molecule has 0 aliphatic carbocycles. The largest absolute Gasteiger partial charge is 0.493 e. The first-order valence-corrected chi connectivity index (χ1v) is 8.63. The van der Waals surface area contributed by atoms with Gasteiger partial charge in [0, 0.05) is 5.33 Å². The number of aryl methyl sites for hydroxylation is 2. The zero-order valence-corrected chi connectivity index (χ0v) is 14.0. The second-order valence-electron chi connectivity index (χ2n) is 5.23. The molecule has 0 heterocycles. The summed E-state index contributed by atoms with van der Waals surface area (Å²) in [5, 5.41) is 1.15. The van der Waals surface area contributed by atoms with Crippen LogP contribution in [-0.2, 0) is 0 Å². The number of alkyl halides is 1. The Morgan fingerprint density at radius 2 is 1.37 bits per heavy atom. The predicted octanol–water partition coefficient (Wildman–Crippen LogP) is 5.81. The summed E-state index contributed by atoms with van der Waals surface area (Å²) in [7, 11) is 0. The molecular formula is C17H27BrO. The van der Waals surface area contributed by atoms with Crippen LogP contribution in [0.1, 0.15) is 56.1 Å². The second-order valence-corrected chi connectivity index (χ2v) is 6.03. The minimum Gasteiger partial charge on any atom is -0.493 e. The fourth-order valence-electron chi connectivity index (χ4n) is 2.28. The van der Waals surface area contributed by atoms with Crippen molar-refractivity contribution in [2.75, 3.05) is 11.9 Å². The Bertz CT molecular complexity index is 329. The van der Waals surface area contributed by atoms with Gasteiger partial charge in [-0.1, -0.05) is 66.2 Å². The third kappa shape index (κ3) is 7.00. The first kappa shape index (κ1) is 16.6. The molecule has 0 aromatic heterocycles. The quantitative estimate of drug-likeness (QED) is 0.389. The van der Waals surface area contributed by atoms with Crippen molar-refractivity contribution < 1.29 is 4.74 Å². The van der Waals surface area contributed by atoms with E-state index in [2.05, 4.69) is 48.0 Å². The molecule has 0 aliphatic rings. The lowest BCUT2D eigenvalue weighted by molar-refractivity contribution is 0.300. The Morgan fingerprint density at radius 1 is 0.842 bits per heavy atom. The number of ether oxygens (including phenoxy) is 1. The Labute approximate surface area is 126 Å². The lowest BCUT2D eigenvalue weighted by atomic mass is 10.1. The van der Waals surface area contributed by atoms with Crippen molar-refractivity contribution in [3.8, 4) is 5.75 Å². The van der Waals surface area contributed by atoms with Crippen LogP contribution < -0.4 is 4.74 Å². The summed E-state index contributed by atoms with van der Waals surface area (Å²) >= 11 is 3.47.